The van der Waals surface area contributed by atoms with E-state index in [1.54, 1.807) is 42.7 Å². The number of nitrogens with one attached hydrogen (secondary N) is 1. The lowest BCUT2D eigenvalue weighted by Crippen LogP contribution is -2.64. The SMILES string of the molecule is CCCC1(OC)CCCC[Si]1(OC)OC.CO[Si](CCCNC(N)=O)(OC)OC. The lowest BCUT2D eigenvalue weighted by molar-refractivity contribution is -0.0149. The minimum atomic E-state index is -2.48. The Hall–Kier alpha value is -0.536. The van der Waals surface area contributed by atoms with Crippen molar-refractivity contribution in [1.29, 1.82) is 0 Å². The summed E-state index contributed by atoms with van der Waals surface area (Å²) in [5, 5.41) is 2.36. The Balaban J connectivity index is 0.000000543. The molecule has 1 unspecified atom stereocenters. The van der Waals surface area contributed by atoms with Gasteiger partial charge < -0.3 is 37.9 Å². The maximum atomic E-state index is 10.4. The molecule has 1 saturated heterocycles. The number of urea groups is 1. The summed E-state index contributed by atoms with van der Waals surface area (Å²) in [4.78, 5) is 10.4. The second kappa shape index (κ2) is 14.5. The fourth-order valence-electron chi connectivity index (χ4n) is 4.00. The molecule has 0 aromatic rings. The molecule has 1 atom stereocenters. The van der Waals surface area contributed by atoms with Crippen molar-refractivity contribution in [1.82, 2.24) is 5.32 Å². The number of ether oxygens (including phenoxy) is 1. The van der Waals surface area contributed by atoms with Crippen molar-refractivity contribution in [2.75, 3.05) is 49.2 Å². The van der Waals surface area contributed by atoms with Gasteiger partial charge in [0.2, 0.25) is 0 Å². The van der Waals surface area contributed by atoms with Crippen LogP contribution in [-0.2, 0) is 26.9 Å². The Bertz CT molecular complexity index is 440. The third kappa shape index (κ3) is 7.90. The molecule has 1 aliphatic rings. The van der Waals surface area contributed by atoms with Crippen LogP contribution in [0.3, 0.4) is 0 Å². The molecular weight excluding hydrogens is 412 g/mol. The van der Waals surface area contributed by atoms with Gasteiger partial charge in [-0.1, -0.05) is 26.2 Å². The van der Waals surface area contributed by atoms with Crippen molar-refractivity contribution in [2.45, 2.75) is 62.8 Å². The zero-order valence-corrected chi connectivity index (χ0v) is 21.3. The summed E-state index contributed by atoms with van der Waals surface area (Å²) in [7, 11) is 5.40. The van der Waals surface area contributed by atoms with E-state index < -0.39 is 23.4 Å². The van der Waals surface area contributed by atoms with Gasteiger partial charge in [0.25, 0.3) is 0 Å². The van der Waals surface area contributed by atoms with Crippen LogP contribution in [0.1, 0.15) is 45.4 Å². The lowest BCUT2D eigenvalue weighted by atomic mass is 10.1. The maximum Gasteiger partial charge on any atom is 0.500 e. The lowest BCUT2D eigenvalue weighted by Gasteiger charge is -2.47. The fourth-order valence-corrected chi connectivity index (χ4v) is 9.71. The van der Waals surface area contributed by atoms with Crippen molar-refractivity contribution >= 4 is 23.4 Å². The van der Waals surface area contributed by atoms with Crippen LogP contribution in [0.4, 0.5) is 4.79 Å². The number of nitrogens with two attached hydrogens (primary N) is 1. The predicted molar refractivity (Wildman–Crippen MR) is 117 cm³/mol. The summed E-state index contributed by atoms with van der Waals surface area (Å²) >= 11 is 0. The Kier molecular flexibility index (Phi) is 14.2. The Morgan fingerprint density at radius 3 is 2.07 bits per heavy atom. The topological polar surface area (TPSA) is 110 Å². The van der Waals surface area contributed by atoms with Crippen molar-refractivity contribution in [3.63, 3.8) is 0 Å². The smallest absolute Gasteiger partial charge is 0.396 e. The summed E-state index contributed by atoms with van der Waals surface area (Å²) in [6.45, 7) is 2.69. The minimum absolute atomic E-state index is 0.122. The molecule has 0 aliphatic carbocycles. The van der Waals surface area contributed by atoms with E-state index in [9.17, 15) is 4.79 Å². The molecule has 1 aliphatic heterocycles. The Morgan fingerprint density at radius 1 is 1.07 bits per heavy atom. The molecule has 1 heterocycles. The molecule has 2 amide bonds. The van der Waals surface area contributed by atoms with Crippen molar-refractivity contribution in [3.8, 4) is 0 Å². The molecule has 3 N–H and O–H groups in total. The monoisotopic (exact) mass is 454 g/mol. The first kappa shape index (κ1) is 28.5. The van der Waals surface area contributed by atoms with E-state index in [1.165, 1.54) is 12.8 Å². The molecule has 0 aromatic carbocycles. The van der Waals surface area contributed by atoms with E-state index in [2.05, 4.69) is 12.2 Å². The first-order valence-electron chi connectivity index (χ1n) is 10.1. The zero-order chi connectivity index (χ0) is 22.4. The molecule has 0 aromatic heterocycles. The third-order valence-corrected chi connectivity index (χ3v) is 12.9. The van der Waals surface area contributed by atoms with Gasteiger partial charge in [-0.05, 0) is 25.3 Å². The van der Waals surface area contributed by atoms with Crippen LogP contribution < -0.4 is 11.1 Å². The van der Waals surface area contributed by atoms with Gasteiger partial charge in [0.05, 0.1) is 0 Å². The van der Waals surface area contributed by atoms with Crippen LogP contribution in [0.2, 0.25) is 12.1 Å². The summed E-state index contributed by atoms with van der Waals surface area (Å²) in [5.74, 6) is 0. The average molecular weight is 455 g/mol. The predicted octanol–water partition coefficient (Wildman–Crippen LogP) is 2.55. The van der Waals surface area contributed by atoms with E-state index in [0.717, 1.165) is 25.3 Å². The van der Waals surface area contributed by atoms with Crippen LogP contribution in [0.15, 0.2) is 0 Å². The van der Waals surface area contributed by atoms with Gasteiger partial charge >= 0.3 is 23.4 Å². The van der Waals surface area contributed by atoms with Gasteiger partial charge in [0, 0.05) is 55.2 Å². The number of hydrogen-bond donors (Lipinski definition) is 2. The van der Waals surface area contributed by atoms with E-state index in [1.807, 2.05) is 0 Å². The summed E-state index contributed by atoms with van der Waals surface area (Å²) < 4.78 is 33.0. The number of hydrogen-bond acceptors (Lipinski definition) is 7. The number of primary amides is 1. The van der Waals surface area contributed by atoms with E-state index in [0.29, 0.717) is 19.0 Å². The highest BCUT2D eigenvalue weighted by Crippen LogP contribution is 2.42. The van der Waals surface area contributed by atoms with Gasteiger partial charge in [-0.3, -0.25) is 0 Å². The Labute approximate surface area is 178 Å². The van der Waals surface area contributed by atoms with Crippen molar-refractivity contribution < 1.29 is 31.7 Å². The number of amides is 2. The van der Waals surface area contributed by atoms with E-state index in [-0.39, 0.29) is 5.22 Å². The molecule has 0 bridgehead atoms. The number of carbonyl (C=O) groups is 1. The van der Waals surface area contributed by atoms with Crippen LogP contribution in [0, 0.1) is 0 Å². The molecule has 174 valence electrons. The van der Waals surface area contributed by atoms with Crippen molar-refractivity contribution in [3.05, 3.63) is 0 Å². The second-order valence-corrected chi connectivity index (χ2v) is 13.8. The second-order valence-electron chi connectivity index (χ2n) is 7.01. The van der Waals surface area contributed by atoms with Gasteiger partial charge in [0.15, 0.2) is 0 Å². The van der Waals surface area contributed by atoms with Gasteiger partial charge in [-0.25, -0.2) is 4.79 Å². The number of methoxy groups -OCH3 is 1. The number of rotatable bonds is 12. The highest BCUT2D eigenvalue weighted by molar-refractivity contribution is 6.70. The Morgan fingerprint density at radius 2 is 1.66 bits per heavy atom. The van der Waals surface area contributed by atoms with Gasteiger partial charge in [-0.15, -0.1) is 0 Å². The van der Waals surface area contributed by atoms with Crippen LogP contribution >= 0.6 is 0 Å². The summed E-state index contributed by atoms with van der Waals surface area (Å²) in [6.07, 6.45) is 6.42. The maximum absolute atomic E-state index is 10.4. The molecule has 0 saturated carbocycles. The number of carbonyl (C=O) groups excluding carboxylic acids is 1. The molecule has 11 heteroatoms. The fraction of sp³-hybridized carbons (Fsp3) is 0.944. The zero-order valence-electron chi connectivity index (χ0n) is 19.3. The first-order chi connectivity index (χ1) is 13.8. The minimum Gasteiger partial charge on any atom is -0.396 e. The summed E-state index contributed by atoms with van der Waals surface area (Å²) in [5.41, 5.74) is 4.91. The van der Waals surface area contributed by atoms with Crippen molar-refractivity contribution in [2.24, 2.45) is 5.73 Å². The van der Waals surface area contributed by atoms with Crippen LogP contribution in [0.25, 0.3) is 0 Å². The van der Waals surface area contributed by atoms with E-state index in [4.69, 9.17) is 32.6 Å². The van der Waals surface area contributed by atoms with Gasteiger partial charge in [0.1, 0.15) is 5.22 Å². The van der Waals surface area contributed by atoms with E-state index >= 15 is 0 Å². The molecule has 1 fully saturated rings. The highest BCUT2D eigenvalue weighted by Gasteiger charge is 2.58. The molecule has 9 nitrogen and oxygen atoms in total. The largest absolute Gasteiger partial charge is 0.500 e. The first-order valence-corrected chi connectivity index (χ1v) is 14.1. The molecule has 29 heavy (non-hydrogen) atoms. The average Bonchev–Trinajstić information content (AvgIpc) is 2.75. The molecule has 1 rings (SSSR count). The standard InChI is InChI=1S/C11H24O3Si.C7H18N2O4Si/c1-5-8-11(12-2)9-6-7-10-15(11,13-3)14-4;1-11-14(12-2,13-3)6-4-5-9-7(8)10/h5-10H2,1-4H3;4-6H2,1-3H3,(H3,8,9,10). The molecule has 0 spiro atoms. The van der Waals surface area contributed by atoms with Gasteiger partial charge in [-0.2, -0.15) is 0 Å². The third-order valence-electron chi connectivity index (χ3n) is 5.63. The molecular formula is C18H42N2O7Si2. The molecule has 0 radical (unpaired) electrons. The normalized spacial score (nSPS) is 21.2. The summed E-state index contributed by atoms with van der Waals surface area (Å²) in [6, 6.07) is 1.19. The highest BCUT2D eigenvalue weighted by atomic mass is 28.4. The quantitative estimate of drug-likeness (QED) is 0.344. The van der Waals surface area contributed by atoms with Crippen LogP contribution in [0.5, 0.6) is 0 Å². The van der Waals surface area contributed by atoms with Crippen LogP contribution in [-0.4, -0.2) is 77.8 Å².